The molecule has 0 saturated carbocycles. The number of thiazole rings is 1. The van der Waals surface area contributed by atoms with E-state index in [0.717, 1.165) is 22.7 Å². The van der Waals surface area contributed by atoms with E-state index in [1.54, 1.807) is 11.3 Å². The number of aliphatic hydroxyl groups excluding tert-OH is 1. The van der Waals surface area contributed by atoms with Gasteiger partial charge < -0.3 is 10.0 Å². The second-order valence-corrected chi connectivity index (χ2v) is 6.98. The minimum atomic E-state index is -0.287. The lowest BCUT2D eigenvalue weighted by Gasteiger charge is -2.51. The Morgan fingerprint density at radius 2 is 2.12 bits per heavy atom. The van der Waals surface area contributed by atoms with Crippen molar-refractivity contribution in [3.63, 3.8) is 0 Å². The van der Waals surface area contributed by atoms with E-state index in [4.69, 9.17) is 0 Å². The van der Waals surface area contributed by atoms with Crippen LogP contribution in [0.25, 0.3) is 6.08 Å². The molecule has 1 aromatic carbocycles. The fourth-order valence-electron chi connectivity index (χ4n) is 3.27. The monoisotopic (exact) mass is 339 g/mol. The van der Waals surface area contributed by atoms with E-state index in [0.29, 0.717) is 0 Å². The van der Waals surface area contributed by atoms with Gasteiger partial charge in [-0.3, -0.25) is 0 Å². The highest BCUT2D eigenvalue weighted by molar-refractivity contribution is 7.15. The summed E-state index contributed by atoms with van der Waals surface area (Å²) in [7, 11) is 0. The highest BCUT2D eigenvalue weighted by Gasteiger charge is 2.50. The molecular formula is C19H21N3OS. The molecule has 0 spiro atoms. The number of benzene rings is 1. The van der Waals surface area contributed by atoms with Crippen LogP contribution in [0, 0.1) is 11.3 Å². The second-order valence-electron chi connectivity index (χ2n) is 5.89. The molecule has 1 N–H and O–H groups in total. The van der Waals surface area contributed by atoms with Gasteiger partial charge in [0.25, 0.3) is 0 Å². The van der Waals surface area contributed by atoms with E-state index in [9.17, 15) is 10.4 Å². The lowest BCUT2D eigenvalue weighted by molar-refractivity contribution is 0.187. The maximum absolute atomic E-state index is 9.88. The number of nitriles is 1. The number of aromatic nitrogens is 1. The van der Waals surface area contributed by atoms with Gasteiger partial charge in [0.2, 0.25) is 0 Å². The summed E-state index contributed by atoms with van der Waals surface area (Å²) in [5, 5.41) is 20.4. The SMILES string of the molecule is C/C=C/c1ccc([C@@H]2[C@@H](C#N)N(c3ncc(CC)s3)[C@@H]2CO)cc1. The van der Waals surface area contributed by atoms with E-state index < -0.39 is 0 Å². The van der Waals surface area contributed by atoms with Gasteiger partial charge in [0, 0.05) is 17.0 Å². The largest absolute Gasteiger partial charge is 0.394 e. The van der Waals surface area contributed by atoms with E-state index in [2.05, 4.69) is 42.2 Å². The summed E-state index contributed by atoms with van der Waals surface area (Å²) in [6.45, 7) is 4.10. The number of nitrogens with zero attached hydrogens (tertiary/aromatic N) is 3. The first-order valence-corrected chi connectivity index (χ1v) is 9.01. The highest BCUT2D eigenvalue weighted by Crippen LogP contribution is 2.44. The zero-order valence-electron chi connectivity index (χ0n) is 13.9. The Kier molecular flexibility index (Phi) is 4.98. The van der Waals surface area contributed by atoms with Gasteiger partial charge in [-0.05, 0) is 24.5 Å². The minimum absolute atomic E-state index is 0.00799. The summed E-state index contributed by atoms with van der Waals surface area (Å²) >= 11 is 1.60. The number of hydrogen-bond acceptors (Lipinski definition) is 5. The van der Waals surface area contributed by atoms with Crippen LogP contribution in [0.4, 0.5) is 5.13 Å². The van der Waals surface area contributed by atoms with Crippen LogP contribution in [0.5, 0.6) is 0 Å². The van der Waals surface area contributed by atoms with Crippen LogP contribution >= 0.6 is 11.3 Å². The Hall–Kier alpha value is -2.16. The van der Waals surface area contributed by atoms with Crippen LogP contribution in [0.2, 0.25) is 0 Å². The van der Waals surface area contributed by atoms with Crippen molar-refractivity contribution in [2.75, 3.05) is 11.5 Å². The summed E-state index contributed by atoms with van der Waals surface area (Å²) in [6, 6.07) is 10.2. The van der Waals surface area contributed by atoms with Crippen molar-refractivity contribution in [1.82, 2.24) is 4.98 Å². The van der Waals surface area contributed by atoms with Crippen molar-refractivity contribution in [2.45, 2.75) is 38.3 Å². The number of aryl methyl sites for hydroxylation is 1. The lowest BCUT2D eigenvalue weighted by Crippen LogP contribution is -2.63. The highest BCUT2D eigenvalue weighted by atomic mass is 32.1. The van der Waals surface area contributed by atoms with Crippen molar-refractivity contribution < 1.29 is 5.11 Å². The zero-order valence-corrected chi connectivity index (χ0v) is 14.7. The molecule has 5 heteroatoms. The van der Waals surface area contributed by atoms with Crippen molar-refractivity contribution in [3.8, 4) is 6.07 Å². The van der Waals surface area contributed by atoms with Gasteiger partial charge in [-0.25, -0.2) is 4.98 Å². The molecule has 4 nitrogen and oxygen atoms in total. The molecule has 24 heavy (non-hydrogen) atoms. The van der Waals surface area contributed by atoms with Crippen LogP contribution in [0.3, 0.4) is 0 Å². The van der Waals surface area contributed by atoms with Crippen LogP contribution < -0.4 is 4.90 Å². The second kappa shape index (κ2) is 7.16. The first-order valence-electron chi connectivity index (χ1n) is 8.19. The number of aliphatic hydroxyl groups is 1. The summed E-state index contributed by atoms with van der Waals surface area (Å²) < 4.78 is 0. The minimum Gasteiger partial charge on any atom is -0.394 e. The Bertz CT molecular complexity index is 760. The van der Waals surface area contributed by atoms with Crippen LogP contribution in [0.1, 0.15) is 35.8 Å². The van der Waals surface area contributed by atoms with E-state index in [1.807, 2.05) is 30.2 Å². The maximum atomic E-state index is 9.88. The van der Waals surface area contributed by atoms with Gasteiger partial charge in [-0.2, -0.15) is 5.26 Å². The van der Waals surface area contributed by atoms with Crippen molar-refractivity contribution in [1.29, 1.82) is 5.26 Å². The molecule has 1 aromatic heterocycles. The fraction of sp³-hybridized carbons (Fsp3) is 0.368. The number of anilines is 1. The van der Waals surface area contributed by atoms with E-state index in [-0.39, 0.29) is 24.6 Å². The van der Waals surface area contributed by atoms with Crippen molar-refractivity contribution in [3.05, 3.63) is 52.5 Å². The van der Waals surface area contributed by atoms with Gasteiger partial charge >= 0.3 is 0 Å². The Labute approximate surface area is 146 Å². The molecule has 1 saturated heterocycles. The third-order valence-corrected chi connectivity index (χ3v) is 5.68. The predicted molar refractivity (Wildman–Crippen MR) is 98.1 cm³/mol. The molecule has 2 heterocycles. The van der Waals surface area contributed by atoms with Gasteiger partial charge in [-0.15, -0.1) is 11.3 Å². The summed E-state index contributed by atoms with van der Waals surface area (Å²) in [6.07, 6.45) is 6.84. The molecule has 1 aliphatic heterocycles. The molecule has 3 atom stereocenters. The molecule has 124 valence electrons. The predicted octanol–water partition coefficient (Wildman–Crippen LogP) is 3.60. The van der Waals surface area contributed by atoms with Crippen molar-refractivity contribution >= 4 is 22.5 Å². The standard InChI is InChI=1S/C19H21N3OS/c1-3-5-13-6-8-14(9-7-13)18-16(10-20)22(17(18)12-23)19-21-11-15(4-2)24-19/h3,5-9,11,16-18,23H,4,12H2,1-2H3/b5-3+/t16-,17-,18-/m1/s1. The lowest BCUT2D eigenvalue weighted by atomic mass is 9.76. The first kappa shape index (κ1) is 16.7. The molecule has 0 amide bonds. The Morgan fingerprint density at radius 1 is 1.38 bits per heavy atom. The molecule has 0 aliphatic carbocycles. The average molecular weight is 339 g/mol. The average Bonchev–Trinajstić information content (AvgIpc) is 3.05. The third-order valence-electron chi connectivity index (χ3n) is 4.52. The smallest absolute Gasteiger partial charge is 0.186 e. The van der Waals surface area contributed by atoms with Crippen molar-refractivity contribution in [2.24, 2.45) is 0 Å². The van der Waals surface area contributed by atoms with E-state index in [1.165, 1.54) is 4.88 Å². The van der Waals surface area contributed by atoms with Gasteiger partial charge in [-0.1, -0.05) is 43.3 Å². The molecular weight excluding hydrogens is 318 g/mol. The van der Waals surface area contributed by atoms with Crippen LogP contribution in [-0.2, 0) is 6.42 Å². The number of rotatable bonds is 5. The molecule has 2 aromatic rings. The normalized spacial score (nSPS) is 23.2. The number of allylic oxidation sites excluding steroid dienone is 1. The van der Waals surface area contributed by atoms with Gasteiger partial charge in [0.15, 0.2) is 5.13 Å². The molecule has 0 radical (unpaired) electrons. The topological polar surface area (TPSA) is 60.2 Å². The van der Waals surface area contributed by atoms with Crippen LogP contribution in [-0.4, -0.2) is 28.8 Å². The summed E-state index contributed by atoms with van der Waals surface area (Å²) in [5.41, 5.74) is 2.23. The maximum Gasteiger partial charge on any atom is 0.186 e. The van der Waals surface area contributed by atoms with Gasteiger partial charge in [0.05, 0.1) is 18.7 Å². The van der Waals surface area contributed by atoms with Gasteiger partial charge in [0.1, 0.15) is 6.04 Å². The molecule has 1 fully saturated rings. The fourth-order valence-corrected chi connectivity index (χ4v) is 4.22. The van der Waals surface area contributed by atoms with E-state index >= 15 is 0 Å². The zero-order chi connectivity index (χ0) is 17.1. The quantitative estimate of drug-likeness (QED) is 0.904. The summed E-state index contributed by atoms with van der Waals surface area (Å²) in [4.78, 5) is 7.60. The Balaban J connectivity index is 1.87. The summed E-state index contributed by atoms with van der Waals surface area (Å²) in [5.74, 6) is 0.00799. The molecule has 0 unspecified atom stereocenters. The molecule has 1 aliphatic rings. The molecule has 3 rings (SSSR count). The third kappa shape index (κ3) is 2.83. The number of hydrogen-bond donors (Lipinski definition) is 1. The molecule has 0 bridgehead atoms. The Morgan fingerprint density at radius 3 is 2.67 bits per heavy atom. The van der Waals surface area contributed by atoms with Crippen LogP contribution in [0.15, 0.2) is 36.5 Å². The first-order chi connectivity index (χ1) is 11.7.